The number of rotatable bonds is 3. The maximum atomic E-state index is 13.6. The summed E-state index contributed by atoms with van der Waals surface area (Å²) in [6.07, 6.45) is 5.67. The molecule has 0 aromatic heterocycles. The molecule has 1 aliphatic rings. The zero-order valence-electron chi connectivity index (χ0n) is 11.8. The molecule has 0 aliphatic heterocycles. The highest BCUT2D eigenvalue weighted by molar-refractivity contribution is 5.45. The molecule has 1 nitrogen and oxygen atoms in total. The van der Waals surface area contributed by atoms with E-state index < -0.39 is 11.6 Å². The minimum atomic E-state index is -0.779. The van der Waals surface area contributed by atoms with E-state index >= 15 is 0 Å². The normalized spacial score (nSPS) is 24.3. The predicted octanol–water partition coefficient (Wildman–Crippen LogP) is 4.98. The van der Waals surface area contributed by atoms with E-state index in [2.05, 4.69) is 19.2 Å². The van der Waals surface area contributed by atoms with Crippen LogP contribution in [0.2, 0.25) is 0 Å². The lowest BCUT2D eigenvalue weighted by molar-refractivity contribution is 0.341. The molecule has 2 unspecified atom stereocenters. The molecule has 0 radical (unpaired) electrons. The lowest BCUT2D eigenvalue weighted by atomic mass is 9.89. The average molecular weight is 267 g/mol. The first-order valence-corrected chi connectivity index (χ1v) is 7.28. The Balaban J connectivity index is 1.98. The molecule has 0 heterocycles. The zero-order chi connectivity index (χ0) is 13.8. The van der Waals surface area contributed by atoms with Gasteiger partial charge in [-0.15, -0.1) is 0 Å². The Morgan fingerprint density at radius 3 is 2.63 bits per heavy atom. The van der Waals surface area contributed by atoms with Crippen LogP contribution in [0.5, 0.6) is 0 Å². The molecule has 0 saturated heterocycles. The Bertz CT molecular complexity index is 417. The molecule has 1 saturated carbocycles. The molecule has 2 rings (SSSR count). The summed E-state index contributed by atoms with van der Waals surface area (Å²) in [6, 6.07) is 4.58. The van der Waals surface area contributed by atoms with Crippen molar-refractivity contribution in [3.8, 4) is 0 Å². The Morgan fingerprint density at radius 2 is 1.89 bits per heavy atom. The fourth-order valence-corrected chi connectivity index (χ4v) is 2.98. The third-order valence-corrected chi connectivity index (χ3v) is 4.27. The van der Waals surface area contributed by atoms with E-state index in [4.69, 9.17) is 0 Å². The Morgan fingerprint density at radius 1 is 1.11 bits per heavy atom. The van der Waals surface area contributed by atoms with Gasteiger partial charge in [-0.05, 0) is 43.2 Å². The lowest BCUT2D eigenvalue weighted by Gasteiger charge is -2.20. The quantitative estimate of drug-likeness (QED) is 0.761. The second-order valence-electron chi connectivity index (χ2n) is 5.95. The van der Waals surface area contributed by atoms with Crippen LogP contribution in [0.1, 0.15) is 46.0 Å². The van der Waals surface area contributed by atoms with Crippen molar-refractivity contribution in [2.24, 2.45) is 11.8 Å². The van der Waals surface area contributed by atoms with Gasteiger partial charge in [-0.2, -0.15) is 0 Å². The van der Waals surface area contributed by atoms with Gasteiger partial charge < -0.3 is 5.32 Å². The molecule has 1 aliphatic carbocycles. The molecule has 2 atom stereocenters. The highest BCUT2D eigenvalue weighted by Crippen LogP contribution is 2.30. The third kappa shape index (κ3) is 3.68. The molecule has 0 amide bonds. The van der Waals surface area contributed by atoms with E-state index in [1.165, 1.54) is 12.8 Å². The van der Waals surface area contributed by atoms with Crippen molar-refractivity contribution < 1.29 is 8.78 Å². The molecule has 1 aromatic carbocycles. The van der Waals surface area contributed by atoms with Crippen molar-refractivity contribution in [3.05, 3.63) is 29.8 Å². The molecule has 19 heavy (non-hydrogen) atoms. The zero-order valence-corrected chi connectivity index (χ0v) is 11.8. The SMILES string of the molecule is CC(C)C1CCCC(Nc2cccc(F)c2F)CC1. The van der Waals surface area contributed by atoms with E-state index in [-0.39, 0.29) is 6.04 Å². The van der Waals surface area contributed by atoms with Gasteiger partial charge in [0.2, 0.25) is 0 Å². The Hall–Kier alpha value is -1.12. The van der Waals surface area contributed by atoms with Gasteiger partial charge in [-0.3, -0.25) is 0 Å². The van der Waals surface area contributed by atoms with Gasteiger partial charge in [0.15, 0.2) is 11.6 Å². The molecule has 0 bridgehead atoms. The summed E-state index contributed by atoms with van der Waals surface area (Å²) in [5.41, 5.74) is 0.299. The second-order valence-corrected chi connectivity index (χ2v) is 5.95. The minimum absolute atomic E-state index is 0.264. The summed E-state index contributed by atoms with van der Waals surface area (Å²) in [6.45, 7) is 4.54. The summed E-state index contributed by atoms with van der Waals surface area (Å²) in [4.78, 5) is 0. The van der Waals surface area contributed by atoms with Crippen molar-refractivity contribution in [2.75, 3.05) is 5.32 Å². The summed E-state index contributed by atoms with van der Waals surface area (Å²) < 4.78 is 26.8. The largest absolute Gasteiger partial charge is 0.380 e. The first-order chi connectivity index (χ1) is 9.08. The fraction of sp³-hybridized carbons (Fsp3) is 0.625. The number of hydrogen-bond donors (Lipinski definition) is 1. The summed E-state index contributed by atoms with van der Waals surface area (Å²) >= 11 is 0. The van der Waals surface area contributed by atoms with Crippen LogP contribution >= 0.6 is 0 Å². The van der Waals surface area contributed by atoms with Gasteiger partial charge in [-0.1, -0.05) is 32.8 Å². The summed E-state index contributed by atoms with van der Waals surface area (Å²) in [7, 11) is 0. The number of anilines is 1. The second kappa shape index (κ2) is 6.36. The molecule has 1 aromatic rings. The van der Waals surface area contributed by atoms with E-state index in [9.17, 15) is 8.78 Å². The summed E-state index contributed by atoms with van der Waals surface area (Å²) in [5, 5.41) is 3.17. The van der Waals surface area contributed by atoms with Crippen molar-refractivity contribution in [1.29, 1.82) is 0 Å². The number of hydrogen-bond acceptors (Lipinski definition) is 1. The van der Waals surface area contributed by atoms with E-state index in [0.29, 0.717) is 11.6 Å². The van der Waals surface area contributed by atoms with Crippen LogP contribution in [-0.2, 0) is 0 Å². The van der Waals surface area contributed by atoms with E-state index in [1.54, 1.807) is 12.1 Å². The number of benzene rings is 1. The molecule has 106 valence electrons. The van der Waals surface area contributed by atoms with Crippen molar-refractivity contribution >= 4 is 5.69 Å². The molecular weight excluding hydrogens is 244 g/mol. The first kappa shape index (κ1) is 14.3. The van der Waals surface area contributed by atoms with E-state index in [0.717, 1.165) is 31.2 Å². The molecule has 3 heteroatoms. The van der Waals surface area contributed by atoms with Crippen molar-refractivity contribution in [1.82, 2.24) is 0 Å². The van der Waals surface area contributed by atoms with Crippen LogP contribution in [0.4, 0.5) is 14.5 Å². The van der Waals surface area contributed by atoms with Gasteiger partial charge in [0.05, 0.1) is 5.69 Å². The van der Waals surface area contributed by atoms with Gasteiger partial charge >= 0.3 is 0 Å². The topological polar surface area (TPSA) is 12.0 Å². The first-order valence-electron chi connectivity index (χ1n) is 7.28. The van der Waals surface area contributed by atoms with Crippen LogP contribution < -0.4 is 5.32 Å². The number of nitrogens with one attached hydrogen (secondary N) is 1. The molecular formula is C16H23F2N. The highest BCUT2D eigenvalue weighted by atomic mass is 19.2. The Labute approximate surface area is 114 Å². The standard InChI is InChI=1S/C16H23F2N/c1-11(2)12-5-3-6-13(10-9-12)19-15-8-4-7-14(17)16(15)18/h4,7-8,11-13,19H,3,5-6,9-10H2,1-2H3. The maximum absolute atomic E-state index is 13.6. The van der Waals surface area contributed by atoms with Gasteiger partial charge in [0.25, 0.3) is 0 Å². The van der Waals surface area contributed by atoms with Crippen LogP contribution in [0.15, 0.2) is 18.2 Å². The molecule has 0 spiro atoms. The predicted molar refractivity (Wildman–Crippen MR) is 75.2 cm³/mol. The summed E-state index contributed by atoms with van der Waals surface area (Å²) in [5.74, 6) is -0.0559. The van der Waals surface area contributed by atoms with Crippen LogP contribution in [0.25, 0.3) is 0 Å². The van der Waals surface area contributed by atoms with Crippen molar-refractivity contribution in [2.45, 2.75) is 52.0 Å². The van der Waals surface area contributed by atoms with Crippen molar-refractivity contribution in [3.63, 3.8) is 0 Å². The molecule has 1 fully saturated rings. The van der Waals surface area contributed by atoms with Gasteiger partial charge in [0, 0.05) is 6.04 Å². The average Bonchev–Trinajstić information content (AvgIpc) is 2.60. The monoisotopic (exact) mass is 267 g/mol. The maximum Gasteiger partial charge on any atom is 0.181 e. The minimum Gasteiger partial charge on any atom is -0.380 e. The third-order valence-electron chi connectivity index (χ3n) is 4.27. The fourth-order valence-electron chi connectivity index (χ4n) is 2.98. The smallest absolute Gasteiger partial charge is 0.181 e. The molecule has 1 N–H and O–H groups in total. The Kier molecular flexibility index (Phi) is 4.78. The number of halogens is 2. The van der Waals surface area contributed by atoms with Crippen LogP contribution in [-0.4, -0.2) is 6.04 Å². The van der Waals surface area contributed by atoms with Crippen LogP contribution in [0.3, 0.4) is 0 Å². The van der Waals surface area contributed by atoms with Crippen LogP contribution in [0, 0.1) is 23.5 Å². The lowest BCUT2D eigenvalue weighted by Crippen LogP contribution is -2.19. The van der Waals surface area contributed by atoms with E-state index in [1.807, 2.05) is 0 Å². The van der Waals surface area contributed by atoms with Gasteiger partial charge in [0.1, 0.15) is 0 Å². The highest BCUT2D eigenvalue weighted by Gasteiger charge is 2.21. The van der Waals surface area contributed by atoms with Gasteiger partial charge in [-0.25, -0.2) is 8.78 Å².